The van der Waals surface area contributed by atoms with E-state index >= 15 is 0 Å². The van der Waals surface area contributed by atoms with Crippen molar-refractivity contribution in [2.45, 2.75) is 33.6 Å². The molecule has 1 aromatic heterocycles. The second-order valence-electron chi connectivity index (χ2n) is 4.40. The van der Waals surface area contributed by atoms with Crippen LogP contribution in [0, 0.1) is 5.41 Å². The molecule has 0 saturated heterocycles. The molecule has 106 valence electrons. The van der Waals surface area contributed by atoms with Gasteiger partial charge in [-0.3, -0.25) is 9.59 Å². The highest BCUT2D eigenvalue weighted by Crippen LogP contribution is 2.28. The monoisotopic (exact) mass is 284 g/mol. The maximum Gasteiger partial charge on any atom is 0.323 e. The van der Waals surface area contributed by atoms with Crippen molar-refractivity contribution < 1.29 is 19.1 Å². The summed E-state index contributed by atoms with van der Waals surface area (Å²) in [5.41, 5.74) is -0.113. The van der Waals surface area contributed by atoms with Gasteiger partial charge in [-0.15, -0.1) is 0 Å². The van der Waals surface area contributed by atoms with Crippen molar-refractivity contribution in [3.63, 3.8) is 0 Å². The molecule has 1 rings (SSSR count). The topological polar surface area (TPSA) is 52.6 Å². The highest BCUT2D eigenvalue weighted by atomic mass is 32.1. The Labute approximate surface area is 117 Å². The molecule has 4 nitrogen and oxygen atoms in total. The predicted molar refractivity (Wildman–Crippen MR) is 74.0 cm³/mol. The normalized spacial score (nSPS) is 11.1. The van der Waals surface area contributed by atoms with E-state index in [-0.39, 0.29) is 13.2 Å². The third-order valence-electron chi connectivity index (χ3n) is 2.95. The average molecular weight is 284 g/mol. The Morgan fingerprint density at radius 1 is 1.21 bits per heavy atom. The van der Waals surface area contributed by atoms with Crippen molar-refractivity contribution in [3.8, 4) is 0 Å². The van der Waals surface area contributed by atoms with Crippen LogP contribution in [0.1, 0.15) is 32.8 Å². The van der Waals surface area contributed by atoms with Crippen molar-refractivity contribution in [2.24, 2.45) is 5.41 Å². The Morgan fingerprint density at radius 3 is 2.21 bits per heavy atom. The van der Waals surface area contributed by atoms with Crippen molar-refractivity contribution in [1.82, 2.24) is 0 Å². The van der Waals surface area contributed by atoms with Gasteiger partial charge in [-0.2, -0.15) is 11.3 Å². The van der Waals surface area contributed by atoms with Crippen LogP contribution in [-0.2, 0) is 25.5 Å². The predicted octanol–water partition coefficient (Wildman–Crippen LogP) is 2.81. The van der Waals surface area contributed by atoms with Crippen molar-refractivity contribution in [2.75, 3.05) is 13.2 Å². The minimum atomic E-state index is -1.23. The Balaban J connectivity index is 2.78. The lowest BCUT2D eigenvalue weighted by Gasteiger charge is -2.24. The fraction of sp³-hybridized carbons (Fsp3) is 0.571. The summed E-state index contributed by atoms with van der Waals surface area (Å²) in [7, 11) is 0. The first-order valence-corrected chi connectivity index (χ1v) is 7.34. The Morgan fingerprint density at radius 2 is 1.79 bits per heavy atom. The van der Waals surface area contributed by atoms with Gasteiger partial charge in [0.15, 0.2) is 5.41 Å². The van der Waals surface area contributed by atoms with Gasteiger partial charge in [-0.25, -0.2) is 0 Å². The molecule has 0 spiro atoms. The van der Waals surface area contributed by atoms with Crippen LogP contribution in [0.2, 0.25) is 0 Å². The molecule has 0 aliphatic heterocycles. The molecule has 0 fully saturated rings. The third kappa shape index (κ3) is 4.06. The number of aryl methyl sites for hydroxylation is 1. The Kier molecular flexibility index (Phi) is 6.02. The van der Waals surface area contributed by atoms with E-state index < -0.39 is 17.4 Å². The second-order valence-corrected chi connectivity index (χ2v) is 5.18. The summed E-state index contributed by atoms with van der Waals surface area (Å²) in [6.07, 6.45) is 1.04. The van der Waals surface area contributed by atoms with E-state index in [4.69, 9.17) is 9.47 Å². The summed E-state index contributed by atoms with van der Waals surface area (Å²) in [5, 5.41) is 3.98. The van der Waals surface area contributed by atoms with Crippen molar-refractivity contribution in [3.05, 3.63) is 22.4 Å². The number of hydrogen-bond donors (Lipinski definition) is 0. The number of esters is 2. The number of carbonyl (C=O) groups is 2. The molecule has 0 atom stereocenters. The lowest BCUT2D eigenvalue weighted by molar-refractivity contribution is -0.171. The largest absolute Gasteiger partial charge is 0.465 e. The first kappa shape index (κ1) is 15.7. The summed E-state index contributed by atoms with van der Waals surface area (Å²) in [5.74, 6) is -1.02. The molecule has 0 radical (unpaired) electrons. The van der Waals surface area contributed by atoms with Gasteiger partial charge in [0.25, 0.3) is 0 Å². The molecule has 0 aliphatic rings. The number of hydrogen-bond acceptors (Lipinski definition) is 5. The number of thiophene rings is 1. The van der Waals surface area contributed by atoms with Gasteiger partial charge in [0, 0.05) is 0 Å². The molecule has 1 aromatic rings. The van der Waals surface area contributed by atoms with Crippen LogP contribution in [0.4, 0.5) is 0 Å². The van der Waals surface area contributed by atoms with Gasteiger partial charge in [0.2, 0.25) is 0 Å². The number of ether oxygens (including phenoxy) is 2. The van der Waals surface area contributed by atoms with Crippen LogP contribution in [0.25, 0.3) is 0 Å². The average Bonchev–Trinajstić information content (AvgIpc) is 2.89. The molecule has 0 aromatic carbocycles. The number of rotatable bonds is 7. The SMILES string of the molecule is CCOC(=O)C(C)(CCc1ccsc1)C(=O)OCC. The smallest absolute Gasteiger partial charge is 0.323 e. The molecule has 0 N–H and O–H groups in total. The molecule has 0 unspecified atom stereocenters. The maximum atomic E-state index is 12.0. The van der Waals surface area contributed by atoms with Crippen LogP contribution in [0.15, 0.2) is 16.8 Å². The molecule has 0 saturated carbocycles. The Hall–Kier alpha value is -1.36. The molecule has 5 heteroatoms. The minimum absolute atomic E-state index is 0.256. The quantitative estimate of drug-likeness (QED) is 0.570. The molecule has 1 heterocycles. The summed E-state index contributed by atoms with van der Waals surface area (Å²) in [4.78, 5) is 24.0. The summed E-state index contributed by atoms with van der Waals surface area (Å²) in [6, 6.07) is 1.99. The summed E-state index contributed by atoms with van der Waals surface area (Å²) >= 11 is 1.60. The summed E-state index contributed by atoms with van der Waals surface area (Å²) < 4.78 is 10.0. The van der Waals surface area contributed by atoms with E-state index in [1.807, 2.05) is 16.8 Å². The molecule has 19 heavy (non-hydrogen) atoms. The van der Waals surface area contributed by atoms with E-state index in [1.165, 1.54) is 0 Å². The van der Waals surface area contributed by atoms with Crippen LogP contribution in [0.5, 0.6) is 0 Å². The van der Waals surface area contributed by atoms with Crippen LogP contribution < -0.4 is 0 Å². The van der Waals surface area contributed by atoms with Gasteiger partial charge in [0.1, 0.15) is 0 Å². The number of carbonyl (C=O) groups excluding carboxylic acids is 2. The van der Waals surface area contributed by atoms with Gasteiger partial charge < -0.3 is 9.47 Å². The van der Waals surface area contributed by atoms with Crippen molar-refractivity contribution >= 4 is 23.3 Å². The lowest BCUT2D eigenvalue weighted by Crippen LogP contribution is -2.40. The van der Waals surface area contributed by atoms with Crippen molar-refractivity contribution in [1.29, 1.82) is 0 Å². The lowest BCUT2D eigenvalue weighted by atomic mass is 9.84. The van der Waals surface area contributed by atoms with E-state index in [2.05, 4.69) is 0 Å². The first-order chi connectivity index (χ1) is 9.04. The summed E-state index contributed by atoms with van der Waals surface area (Å²) in [6.45, 7) is 5.55. The highest BCUT2D eigenvalue weighted by Gasteiger charge is 2.43. The Bertz CT molecular complexity index is 393. The zero-order valence-corrected chi connectivity index (χ0v) is 12.4. The van der Waals surface area contributed by atoms with Gasteiger partial charge in [0.05, 0.1) is 13.2 Å². The minimum Gasteiger partial charge on any atom is -0.465 e. The zero-order valence-electron chi connectivity index (χ0n) is 11.6. The third-order valence-corrected chi connectivity index (χ3v) is 3.68. The van der Waals surface area contributed by atoms with Crippen LogP contribution >= 0.6 is 11.3 Å². The standard InChI is InChI=1S/C14H20O4S/c1-4-17-12(15)14(3,13(16)18-5-2)8-6-11-7-9-19-10-11/h7,9-10H,4-6,8H2,1-3H3. The van der Waals surface area contributed by atoms with E-state index in [0.717, 1.165) is 5.56 Å². The zero-order chi connectivity index (χ0) is 14.3. The molecular weight excluding hydrogens is 264 g/mol. The van der Waals surface area contributed by atoms with Crippen LogP contribution in [0.3, 0.4) is 0 Å². The molecule has 0 amide bonds. The molecular formula is C14H20O4S. The van der Waals surface area contributed by atoms with Crippen LogP contribution in [-0.4, -0.2) is 25.2 Å². The maximum absolute atomic E-state index is 12.0. The fourth-order valence-electron chi connectivity index (χ4n) is 1.70. The highest BCUT2D eigenvalue weighted by molar-refractivity contribution is 7.07. The van der Waals surface area contributed by atoms with E-state index in [9.17, 15) is 9.59 Å². The van der Waals surface area contributed by atoms with Gasteiger partial charge in [-0.05, 0) is 56.0 Å². The van der Waals surface area contributed by atoms with Gasteiger partial charge >= 0.3 is 11.9 Å². The fourth-order valence-corrected chi connectivity index (χ4v) is 2.40. The second kappa shape index (κ2) is 7.28. The molecule has 0 aliphatic carbocycles. The van der Waals surface area contributed by atoms with Gasteiger partial charge in [-0.1, -0.05) is 0 Å². The van der Waals surface area contributed by atoms with E-state index in [0.29, 0.717) is 12.8 Å². The molecule has 0 bridgehead atoms. The first-order valence-electron chi connectivity index (χ1n) is 6.40. The van der Waals surface area contributed by atoms with E-state index in [1.54, 1.807) is 32.1 Å².